The van der Waals surface area contributed by atoms with Crippen LogP contribution in [0.3, 0.4) is 0 Å². The van der Waals surface area contributed by atoms with Crippen molar-refractivity contribution < 1.29 is 9.18 Å². The molecule has 0 amide bonds. The molecule has 7 heteroatoms. The van der Waals surface area contributed by atoms with Crippen LogP contribution < -0.4 is 5.32 Å². The molecule has 0 unspecified atom stereocenters. The van der Waals surface area contributed by atoms with Crippen LogP contribution in [0.4, 0.5) is 10.1 Å². The summed E-state index contributed by atoms with van der Waals surface area (Å²) in [4.78, 5) is 11.4. The Labute approximate surface area is 137 Å². The van der Waals surface area contributed by atoms with Gasteiger partial charge in [0, 0.05) is 23.5 Å². The minimum atomic E-state index is -0.323. The lowest BCUT2D eigenvalue weighted by Gasteiger charge is -2.03. The number of carbonyl (C=O) groups excluding carboxylic acids is 1. The Bertz CT molecular complexity index is 886. The molecule has 0 fully saturated rings. The first-order chi connectivity index (χ1) is 11.6. The largest absolute Gasteiger partial charge is 0.362 e. The molecule has 0 atom stereocenters. The minimum Gasteiger partial charge on any atom is -0.362 e. The van der Waals surface area contributed by atoms with Crippen LogP contribution >= 0.6 is 0 Å². The number of halogens is 1. The monoisotopic (exact) mass is 323 g/mol. The Morgan fingerprint density at radius 1 is 1.21 bits per heavy atom. The molecule has 0 bridgehead atoms. The zero-order chi connectivity index (χ0) is 16.9. The van der Waals surface area contributed by atoms with E-state index >= 15 is 0 Å². The lowest BCUT2D eigenvalue weighted by molar-refractivity contribution is 0.101. The third-order valence-electron chi connectivity index (χ3n) is 3.32. The zero-order valence-corrected chi connectivity index (χ0v) is 12.8. The van der Waals surface area contributed by atoms with Crippen LogP contribution in [-0.2, 0) is 0 Å². The Balaban J connectivity index is 1.76. The third-order valence-corrected chi connectivity index (χ3v) is 3.32. The second-order valence-corrected chi connectivity index (χ2v) is 5.04. The molecule has 0 aliphatic carbocycles. The zero-order valence-electron chi connectivity index (χ0n) is 12.8. The van der Waals surface area contributed by atoms with Crippen LogP contribution in [0.5, 0.6) is 0 Å². The quantitative estimate of drug-likeness (QED) is 0.731. The van der Waals surface area contributed by atoms with Crippen molar-refractivity contribution in [2.75, 3.05) is 5.32 Å². The molecular weight excluding hydrogens is 309 g/mol. The van der Waals surface area contributed by atoms with Gasteiger partial charge in [0.15, 0.2) is 11.6 Å². The summed E-state index contributed by atoms with van der Waals surface area (Å²) in [7, 11) is 0. The van der Waals surface area contributed by atoms with Crippen molar-refractivity contribution in [3.05, 3.63) is 71.9 Å². The molecule has 0 radical (unpaired) electrons. The Morgan fingerprint density at radius 3 is 2.75 bits per heavy atom. The highest BCUT2D eigenvalue weighted by molar-refractivity contribution is 5.94. The lowest BCUT2D eigenvalue weighted by atomic mass is 10.1. The topological polar surface area (TPSA) is 72.7 Å². The minimum absolute atomic E-state index is 0.00267. The van der Waals surface area contributed by atoms with E-state index in [2.05, 4.69) is 20.8 Å². The number of carbonyl (C=O) groups is 1. The van der Waals surface area contributed by atoms with Crippen molar-refractivity contribution in [3.8, 4) is 5.69 Å². The first-order valence-electron chi connectivity index (χ1n) is 7.22. The maximum absolute atomic E-state index is 13.0. The van der Waals surface area contributed by atoms with E-state index in [1.54, 1.807) is 42.6 Å². The predicted octanol–water partition coefficient (Wildman–Crippen LogP) is 3.09. The number of hydrogen-bond donors (Lipinski definition) is 1. The maximum atomic E-state index is 13.0. The number of hydrogen-bond acceptors (Lipinski definition) is 5. The van der Waals surface area contributed by atoms with Crippen molar-refractivity contribution >= 4 is 17.5 Å². The molecule has 0 aliphatic rings. The summed E-state index contributed by atoms with van der Waals surface area (Å²) in [5, 5.41) is 14.5. The molecule has 0 saturated heterocycles. The summed E-state index contributed by atoms with van der Waals surface area (Å²) >= 11 is 0. The van der Waals surface area contributed by atoms with Gasteiger partial charge in [-0.25, -0.2) is 4.39 Å². The average Bonchev–Trinajstić information content (AvgIpc) is 3.04. The number of ketones is 1. The van der Waals surface area contributed by atoms with Crippen LogP contribution in [0, 0.1) is 5.82 Å². The molecular formula is C17H14FN5O. The summed E-state index contributed by atoms with van der Waals surface area (Å²) < 4.78 is 14.5. The second kappa shape index (κ2) is 6.82. The maximum Gasteiger partial charge on any atom is 0.181 e. The van der Waals surface area contributed by atoms with Crippen LogP contribution in [0.2, 0.25) is 0 Å². The number of aromatic nitrogens is 4. The van der Waals surface area contributed by atoms with E-state index in [0.29, 0.717) is 17.1 Å². The van der Waals surface area contributed by atoms with Crippen molar-refractivity contribution in [1.82, 2.24) is 20.2 Å². The molecule has 0 aliphatic heterocycles. The third kappa shape index (κ3) is 3.52. The summed E-state index contributed by atoms with van der Waals surface area (Å²) in [6.07, 6.45) is 3.36. The summed E-state index contributed by atoms with van der Waals surface area (Å²) in [6, 6.07) is 13.0. The van der Waals surface area contributed by atoms with Gasteiger partial charge in [-0.3, -0.25) is 4.79 Å². The molecule has 1 heterocycles. The van der Waals surface area contributed by atoms with Crippen LogP contribution in [0.15, 0.2) is 54.7 Å². The van der Waals surface area contributed by atoms with Gasteiger partial charge in [0.2, 0.25) is 0 Å². The SMILES string of the molecule is CC(=O)c1cccc(NC=Cc2nnnn2-c2ccc(F)cc2)c1. The fourth-order valence-electron chi connectivity index (χ4n) is 2.10. The van der Waals surface area contributed by atoms with Crippen molar-refractivity contribution in [2.24, 2.45) is 0 Å². The molecule has 24 heavy (non-hydrogen) atoms. The number of benzene rings is 2. The van der Waals surface area contributed by atoms with E-state index in [1.165, 1.54) is 23.7 Å². The fraction of sp³-hybridized carbons (Fsp3) is 0.0588. The molecule has 1 aromatic heterocycles. The molecule has 2 aromatic carbocycles. The van der Waals surface area contributed by atoms with Crippen molar-refractivity contribution in [2.45, 2.75) is 6.92 Å². The summed E-state index contributed by atoms with van der Waals surface area (Å²) in [5.74, 6) is 0.163. The van der Waals surface area contributed by atoms with E-state index in [-0.39, 0.29) is 11.6 Å². The predicted molar refractivity (Wildman–Crippen MR) is 88.2 cm³/mol. The Kier molecular flexibility index (Phi) is 4.42. The van der Waals surface area contributed by atoms with Gasteiger partial charge in [-0.05, 0) is 53.7 Å². The standard InChI is InChI=1S/C17H14FN5O/c1-12(24)13-3-2-4-15(11-13)19-10-9-17-20-21-22-23(17)16-7-5-14(18)6-8-16/h2-11,19H,1H3. The Hall–Kier alpha value is -3.35. The van der Waals surface area contributed by atoms with Gasteiger partial charge in [-0.15, -0.1) is 5.10 Å². The number of anilines is 1. The number of tetrazole rings is 1. The van der Waals surface area contributed by atoms with Gasteiger partial charge >= 0.3 is 0 Å². The lowest BCUT2D eigenvalue weighted by Crippen LogP contribution is -2.00. The number of nitrogens with zero attached hydrogens (tertiary/aromatic N) is 4. The number of rotatable bonds is 5. The highest BCUT2D eigenvalue weighted by Gasteiger charge is 2.05. The van der Waals surface area contributed by atoms with Gasteiger partial charge in [-0.2, -0.15) is 4.68 Å². The van der Waals surface area contributed by atoms with Crippen LogP contribution in [0.1, 0.15) is 23.1 Å². The van der Waals surface area contributed by atoms with Crippen LogP contribution in [-0.4, -0.2) is 26.0 Å². The summed E-state index contributed by atoms with van der Waals surface area (Å²) in [5.41, 5.74) is 2.06. The first kappa shape index (κ1) is 15.5. The van der Waals surface area contributed by atoms with Crippen LogP contribution in [0.25, 0.3) is 11.8 Å². The molecule has 120 valence electrons. The highest BCUT2D eigenvalue weighted by atomic mass is 19.1. The molecule has 1 N–H and O–H groups in total. The molecule has 3 aromatic rings. The molecule has 0 spiro atoms. The fourth-order valence-corrected chi connectivity index (χ4v) is 2.10. The van der Waals surface area contributed by atoms with Gasteiger partial charge < -0.3 is 5.32 Å². The first-order valence-corrected chi connectivity index (χ1v) is 7.22. The van der Waals surface area contributed by atoms with Gasteiger partial charge in [0.25, 0.3) is 0 Å². The van der Waals surface area contributed by atoms with Gasteiger partial charge in [-0.1, -0.05) is 12.1 Å². The van der Waals surface area contributed by atoms with E-state index in [1.807, 2.05) is 6.07 Å². The molecule has 0 saturated carbocycles. The van der Waals surface area contributed by atoms with E-state index in [9.17, 15) is 9.18 Å². The summed E-state index contributed by atoms with van der Waals surface area (Å²) in [6.45, 7) is 1.52. The highest BCUT2D eigenvalue weighted by Crippen LogP contribution is 2.13. The van der Waals surface area contributed by atoms with E-state index in [4.69, 9.17) is 0 Å². The molecule has 6 nitrogen and oxygen atoms in total. The van der Waals surface area contributed by atoms with E-state index in [0.717, 1.165) is 5.69 Å². The van der Waals surface area contributed by atoms with Gasteiger partial charge in [0.05, 0.1) is 5.69 Å². The second-order valence-electron chi connectivity index (χ2n) is 5.04. The smallest absolute Gasteiger partial charge is 0.181 e. The normalized spacial score (nSPS) is 10.9. The van der Waals surface area contributed by atoms with Crippen molar-refractivity contribution in [3.63, 3.8) is 0 Å². The average molecular weight is 323 g/mol. The molecule has 3 rings (SSSR count). The Morgan fingerprint density at radius 2 is 2.00 bits per heavy atom. The number of Topliss-reactive ketones (excluding diaryl/α,β-unsaturated/α-hetero) is 1. The van der Waals surface area contributed by atoms with E-state index < -0.39 is 0 Å². The van der Waals surface area contributed by atoms with Gasteiger partial charge in [0.1, 0.15) is 5.82 Å². The number of nitrogens with one attached hydrogen (secondary N) is 1. The van der Waals surface area contributed by atoms with Crippen molar-refractivity contribution in [1.29, 1.82) is 0 Å².